The number of carbonyl (C=O) groups excluding carboxylic acids is 4. The largest absolute Gasteiger partial charge is 0.507 e. The Hall–Kier alpha value is -3.22. The summed E-state index contributed by atoms with van der Waals surface area (Å²) in [5.41, 5.74) is 0.780. The van der Waals surface area contributed by atoms with Gasteiger partial charge in [-0.3, -0.25) is 19.2 Å². The molecule has 28 heavy (non-hydrogen) atoms. The van der Waals surface area contributed by atoms with Gasteiger partial charge in [-0.05, 0) is 12.1 Å². The van der Waals surface area contributed by atoms with E-state index in [1.54, 1.807) is 12.1 Å². The lowest BCUT2D eigenvalue weighted by atomic mass is 9.94. The lowest BCUT2D eigenvalue weighted by Crippen LogP contribution is -2.19. The van der Waals surface area contributed by atoms with Gasteiger partial charge >= 0.3 is 0 Å². The fourth-order valence-corrected chi connectivity index (χ4v) is 3.24. The molecule has 0 saturated carbocycles. The maximum atomic E-state index is 11.4. The minimum absolute atomic E-state index is 0.0826. The van der Waals surface area contributed by atoms with E-state index in [0.717, 1.165) is 12.2 Å². The third-order valence-corrected chi connectivity index (χ3v) is 4.65. The molecule has 0 unspecified atom stereocenters. The molecule has 0 amide bonds. The second kappa shape index (κ2) is 7.42. The molecule has 8 heteroatoms. The number of Topliss-reactive ketones (excluding diaryl/α,β-unsaturated/α-hetero) is 2. The summed E-state index contributed by atoms with van der Waals surface area (Å²) < 4.78 is 0. The molecule has 2 N–H and O–H groups in total. The maximum Gasteiger partial charge on any atom is 0.235 e. The molecule has 0 aromatic heterocycles. The highest BCUT2D eigenvalue weighted by atomic mass is 35.5. The van der Waals surface area contributed by atoms with Crippen LogP contribution in [0.3, 0.4) is 0 Å². The molecular formula is C20H10Cl2O6. The molecule has 140 valence electrons. The Labute approximate surface area is 168 Å². The smallest absolute Gasteiger partial charge is 0.235 e. The highest BCUT2D eigenvalue weighted by Crippen LogP contribution is 2.29. The number of allylic oxidation sites excluding steroid dienone is 2. The lowest BCUT2D eigenvalue weighted by molar-refractivity contribution is -0.111. The fourth-order valence-electron chi connectivity index (χ4n) is 2.72. The molecule has 0 aliphatic heterocycles. The van der Waals surface area contributed by atoms with Crippen molar-refractivity contribution in [2.75, 3.05) is 0 Å². The molecule has 2 aliphatic carbocycles. The van der Waals surface area contributed by atoms with E-state index in [9.17, 15) is 29.4 Å². The molecule has 6 nitrogen and oxygen atoms in total. The Bertz CT molecular complexity index is 1040. The minimum atomic E-state index is -0.747. The van der Waals surface area contributed by atoms with Crippen molar-refractivity contribution in [3.8, 4) is 0 Å². The molecular weight excluding hydrogens is 407 g/mol. The van der Waals surface area contributed by atoms with Crippen molar-refractivity contribution in [1.82, 2.24) is 0 Å². The van der Waals surface area contributed by atoms with Gasteiger partial charge < -0.3 is 10.2 Å². The Morgan fingerprint density at radius 3 is 1.32 bits per heavy atom. The first kappa shape index (κ1) is 19.5. The third kappa shape index (κ3) is 3.35. The molecule has 0 saturated heterocycles. The summed E-state index contributed by atoms with van der Waals surface area (Å²) in [5, 5.41) is 19.2. The van der Waals surface area contributed by atoms with Crippen molar-refractivity contribution in [2.24, 2.45) is 0 Å². The average Bonchev–Trinajstić information content (AvgIpc) is 2.65. The van der Waals surface area contributed by atoms with Gasteiger partial charge in [0.1, 0.15) is 11.5 Å². The molecule has 2 aromatic carbocycles. The van der Waals surface area contributed by atoms with E-state index in [1.165, 1.54) is 24.3 Å². The standard InChI is InChI=1S/2C10H5ClO3/c2*11-6-3-1-2-5-7(12)4-8(13)10(14)9(5)6/h2*1-4,12H. The Morgan fingerprint density at radius 2 is 0.964 bits per heavy atom. The number of ketones is 4. The number of carbonyl (C=O) groups is 4. The normalized spacial score (nSPS) is 15.1. The Balaban J connectivity index is 0.000000161. The van der Waals surface area contributed by atoms with E-state index in [1.807, 2.05) is 0 Å². The van der Waals surface area contributed by atoms with Gasteiger partial charge in [-0.25, -0.2) is 0 Å². The summed E-state index contributed by atoms with van der Waals surface area (Å²) in [4.78, 5) is 44.9. The first-order chi connectivity index (χ1) is 13.2. The van der Waals surface area contributed by atoms with Crippen LogP contribution in [0.2, 0.25) is 10.0 Å². The summed E-state index contributed by atoms with van der Waals surface area (Å²) in [7, 11) is 0. The van der Waals surface area contributed by atoms with Crippen LogP contribution in [0.1, 0.15) is 31.8 Å². The fraction of sp³-hybridized carbons (Fsp3) is 0. The highest BCUT2D eigenvalue weighted by molar-refractivity contribution is 6.53. The van der Waals surface area contributed by atoms with Crippen molar-refractivity contribution < 1.29 is 29.4 Å². The van der Waals surface area contributed by atoms with Crippen molar-refractivity contribution >= 4 is 57.9 Å². The number of benzene rings is 2. The van der Waals surface area contributed by atoms with Crippen molar-refractivity contribution in [3.63, 3.8) is 0 Å². The van der Waals surface area contributed by atoms with Crippen LogP contribution in [0, 0.1) is 0 Å². The van der Waals surface area contributed by atoms with Gasteiger partial charge in [0.2, 0.25) is 23.1 Å². The lowest BCUT2D eigenvalue weighted by Gasteiger charge is -2.12. The number of hydrogen-bond donors (Lipinski definition) is 2. The molecule has 0 spiro atoms. The van der Waals surface area contributed by atoms with Crippen LogP contribution in [-0.4, -0.2) is 33.3 Å². The molecule has 0 fully saturated rings. The van der Waals surface area contributed by atoms with Crippen LogP contribution in [0.5, 0.6) is 0 Å². The quantitative estimate of drug-likeness (QED) is 0.627. The summed E-state index contributed by atoms with van der Waals surface area (Å²) in [5.74, 6) is -3.28. The Morgan fingerprint density at radius 1 is 0.607 bits per heavy atom. The SMILES string of the molecule is O=C1C=C(O)c2cccc(Cl)c2C1=O.O=C1C=C(O)c2cccc(Cl)c2C1=O. The summed E-state index contributed by atoms with van der Waals surface area (Å²) >= 11 is 11.5. The molecule has 0 heterocycles. The zero-order chi connectivity index (χ0) is 20.6. The maximum absolute atomic E-state index is 11.4. The van der Waals surface area contributed by atoms with E-state index < -0.39 is 23.1 Å². The zero-order valence-electron chi connectivity index (χ0n) is 13.9. The van der Waals surface area contributed by atoms with Crippen LogP contribution in [0.25, 0.3) is 11.5 Å². The molecule has 2 aliphatic rings. The van der Waals surface area contributed by atoms with Crippen molar-refractivity contribution in [2.45, 2.75) is 0 Å². The van der Waals surface area contributed by atoms with Gasteiger partial charge in [-0.2, -0.15) is 0 Å². The van der Waals surface area contributed by atoms with Crippen LogP contribution in [-0.2, 0) is 9.59 Å². The van der Waals surface area contributed by atoms with Crippen LogP contribution >= 0.6 is 23.2 Å². The molecule has 4 rings (SSSR count). The molecule has 2 aromatic rings. The number of aliphatic hydroxyl groups is 2. The monoisotopic (exact) mass is 416 g/mol. The van der Waals surface area contributed by atoms with Gasteiger partial charge in [0, 0.05) is 23.3 Å². The number of rotatable bonds is 0. The van der Waals surface area contributed by atoms with Crippen molar-refractivity contribution in [3.05, 3.63) is 80.8 Å². The van der Waals surface area contributed by atoms with Gasteiger partial charge in [-0.15, -0.1) is 0 Å². The minimum Gasteiger partial charge on any atom is -0.507 e. The first-order valence-electron chi connectivity index (χ1n) is 7.78. The highest BCUT2D eigenvalue weighted by Gasteiger charge is 2.28. The molecule has 0 atom stereocenters. The average molecular weight is 417 g/mol. The van der Waals surface area contributed by atoms with E-state index >= 15 is 0 Å². The van der Waals surface area contributed by atoms with E-state index in [-0.39, 0.29) is 32.7 Å². The second-order valence-electron chi connectivity index (χ2n) is 5.77. The number of halogens is 2. The van der Waals surface area contributed by atoms with E-state index in [0.29, 0.717) is 11.1 Å². The van der Waals surface area contributed by atoms with E-state index in [2.05, 4.69) is 0 Å². The molecule has 0 radical (unpaired) electrons. The molecule has 0 bridgehead atoms. The van der Waals surface area contributed by atoms with Gasteiger partial charge in [0.05, 0.1) is 21.2 Å². The van der Waals surface area contributed by atoms with Crippen LogP contribution in [0.4, 0.5) is 0 Å². The van der Waals surface area contributed by atoms with Crippen LogP contribution in [0.15, 0.2) is 48.6 Å². The second-order valence-corrected chi connectivity index (χ2v) is 6.59. The summed E-state index contributed by atoms with van der Waals surface area (Å²) in [6.07, 6.45) is 1.81. The van der Waals surface area contributed by atoms with Gasteiger partial charge in [0.15, 0.2) is 0 Å². The third-order valence-electron chi connectivity index (χ3n) is 4.02. The van der Waals surface area contributed by atoms with Crippen molar-refractivity contribution in [1.29, 1.82) is 0 Å². The van der Waals surface area contributed by atoms with Gasteiger partial charge in [-0.1, -0.05) is 47.5 Å². The number of hydrogen-bond acceptors (Lipinski definition) is 6. The zero-order valence-corrected chi connectivity index (χ0v) is 15.4. The number of aliphatic hydroxyl groups excluding tert-OH is 2. The Kier molecular flexibility index (Phi) is 5.18. The predicted molar refractivity (Wildman–Crippen MR) is 103 cm³/mol. The predicted octanol–water partition coefficient (Wildman–Crippen LogP) is 4.01. The van der Waals surface area contributed by atoms with E-state index in [4.69, 9.17) is 23.2 Å². The number of fused-ring (bicyclic) bond motifs is 2. The topological polar surface area (TPSA) is 109 Å². The van der Waals surface area contributed by atoms with Gasteiger partial charge in [0.25, 0.3) is 0 Å². The van der Waals surface area contributed by atoms with Crippen LogP contribution < -0.4 is 0 Å². The first-order valence-corrected chi connectivity index (χ1v) is 8.54. The summed E-state index contributed by atoms with van der Waals surface area (Å²) in [6, 6.07) is 9.30. The summed E-state index contributed by atoms with van der Waals surface area (Å²) in [6.45, 7) is 0.